The van der Waals surface area contributed by atoms with E-state index in [1.54, 1.807) is 0 Å². The molecule has 2 atom stereocenters. The molecule has 0 heterocycles. The molecule has 2 heteroatoms. The van der Waals surface area contributed by atoms with Gasteiger partial charge in [-0.3, -0.25) is 0 Å². The van der Waals surface area contributed by atoms with Gasteiger partial charge in [0.15, 0.2) is 0 Å². The lowest BCUT2D eigenvalue weighted by atomic mass is 9.91. The summed E-state index contributed by atoms with van der Waals surface area (Å²) in [5.41, 5.74) is 10.1. The average Bonchev–Trinajstić information content (AvgIpc) is 2.20. The van der Waals surface area contributed by atoms with Crippen LogP contribution in [0.4, 0.5) is 0 Å². The first-order valence-corrected chi connectivity index (χ1v) is 5.39. The Labute approximate surface area is 99.5 Å². The maximum Gasteiger partial charge on any atom is 0.0320 e. The van der Waals surface area contributed by atoms with Crippen molar-refractivity contribution in [3.05, 3.63) is 34.9 Å². The van der Waals surface area contributed by atoms with E-state index >= 15 is 0 Å². The Morgan fingerprint density at radius 2 is 1.80 bits per heavy atom. The van der Waals surface area contributed by atoms with Gasteiger partial charge >= 0.3 is 0 Å². The number of rotatable bonds is 3. The average molecular weight is 228 g/mol. The molecule has 0 aliphatic carbocycles. The summed E-state index contributed by atoms with van der Waals surface area (Å²) in [6.45, 7) is 8.67. The van der Waals surface area contributed by atoms with Gasteiger partial charge in [0.25, 0.3) is 0 Å². The summed E-state index contributed by atoms with van der Waals surface area (Å²) < 4.78 is 0. The van der Waals surface area contributed by atoms with Crippen molar-refractivity contribution in [2.45, 2.75) is 40.2 Å². The molecule has 0 fully saturated rings. The van der Waals surface area contributed by atoms with E-state index < -0.39 is 0 Å². The quantitative estimate of drug-likeness (QED) is 0.836. The Balaban J connectivity index is 0.00000196. The molecule has 1 nitrogen and oxygen atoms in total. The Hall–Kier alpha value is -0.530. The topological polar surface area (TPSA) is 26.0 Å². The summed E-state index contributed by atoms with van der Waals surface area (Å²) in [5.74, 6) is 0.553. The van der Waals surface area contributed by atoms with Crippen molar-refractivity contribution in [3.63, 3.8) is 0 Å². The van der Waals surface area contributed by atoms with Crippen molar-refractivity contribution in [2.24, 2.45) is 11.7 Å². The van der Waals surface area contributed by atoms with E-state index in [4.69, 9.17) is 5.73 Å². The third kappa shape index (κ3) is 3.51. The Morgan fingerprint density at radius 3 is 2.27 bits per heavy atom. The second kappa shape index (κ2) is 6.14. The maximum absolute atomic E-state index is 6.17. The zero-order chi connectivity index (χ0) is 10.7. The van der Waals surface area contributed by atoms with Crippen LogP contribution in [0.5, 0.6) is 0 Å². The van der Waals surface area contributed by atoms with Crippen molar-refractivity contribution < 1.29 is 0 Å². The van der Waals surface area contributed by atoms with Crippen molar-refractivity contribution in [3.8, 4) is 0 Å². The lowest BCUT2D eigenvalue weighted by Crippen LogP contribution is -2.18. The third-order valence-electron chi connectivity index (χ3n) is 3.17. The lowest BCUT2D eigenvalue weighted by Gasteiger charge is -2.19. The second-order valence-corrected chi connectivity index (χ2v) is 4.26. The van der Waals surface area contributed by atoms with Crippen molar-refractivity contribution in [1.82, 2.24) is 0 Å². The molecule has 1 aromatic rings. The summed E-state index contributed by atoms with van der Waals surface area (Å²) >= 11 is 0. The van der Waals surface area contributed by atoms with Gasteiger partial charge in [-0.15, -0.1) is 12.4 Å². The van der Waals surface area contributed by atoms with Gasteiger partial charge in [0.05, 0.1) is 0 Å². The van der Waals surface area contributed by atoms with Gasteiger partial charge in [-0.2, -0.15) is 0 Å². The largest absolute Gasteiger partial charge is 0.324 e. The second-order valence-electron chi connectivity index (χ2n) is 4.26. The van der Waals surface area contributed by atoms with E-state index in [0.717, 1.165) is 6.42 Å². The van der Waals surface area contributed by atoms with E-state index in [0.29, 0.717) is 5.92 Å². The first-order valence-electron chi connectivity index (χ1n) is 5.39. The number of aryl methyl sites for hydroxylation is 2. The molecule has 86 valence electrons. The number of hydrogen-bond donors (Lipinski definition) is 1. The van der Waals surface area contributed by atoms with Crippen molar-refractivity contribution in [2.75, 3.05) is 0 Å². The summed E-state index contributed by atoms with van der Waals surface area (Å²) in [4.78, 5) is 0. The molecule has 1 unspecified atom stereocenters. The van der Waals surface area contributed by atoms with E-state index in [2.05, 4.69) is 45.9 Å². The van der Waals surface area contributed by atoms with Crippen LogP contribution in [0.1, 0.15) is 43.0 Å². The zero-order valence-electron chi connectivity index (χ0n) is 10.1. The highest BCUT2D eigenvalue weighted by atomic mass is 35.5. The SMILES string of the molecule is CCC(C)[C@@H](N)c1ccc(C)c(C)c1.Cl. The molecule has 2 N–H and O–H groups in total. The summed E-state index contributed by atoms with van der Waals surface area (Å²) in [7, 11) is 0. The van der Waals surface area contributed by atoms with Gasteiger partial charge in [0, 0.05) is 6.04 Å². The van der Waals surface area contributed by atoms with Crippen LogP contribution in [-0.4, -0.2) is 0 Å². The predicted molar refractivity (Wildman–Crippen MR) is 69.5 cm³/mol. The smallest absolute Gasteiger partial charge is 0.0320 e. The van der Waals surface area contributed by atoms with Crippen LogP contribution in [0.15, 0.2) is 18.2 Å². The molecule has 1 rings (SSSR count). The van der Waals surface area contributed by atoms with Crippen LogP contribution in [0.25, 0.3) is 0 Å². The number of hydrogen-bond acceptors (Lipinski definition) is 1. The molecule has 0 aliphatic rings. The van der Waals surface area contributed by atoms with Gasteiger partial charge in [-0.05, 0) is 36.5 Å². The molecule has 0 bridgehead atoms. The maximum atomic E-state index is 6.17. The molecule has 0 saturated carbocycles. The highest BCUT2D eigenvalue weighted by Gasteiger charge is 2.13. The predicted octanol–water partition coefficient (Wildman–Crippen LogP) is 3.77. The molecule has 0 radical (unpaired) electrons. The van der Waals surface area contributed by atoms with E-state index in [1.165, 1.54) is 16.7 Å². The van der Waals surface area contributed by atoms with Gasteiger partial charge < -0.3 is 5.73 Å². The normalized spacial score (nSPS) is 14.2. The summed E-state index contributed by atoms with van der Waals surface area (Å²) in [6.07, 6.45) is 1.13. The number of halogens is 1. The van der Waals surface area contributed by atoms with Crippen molar-refractivity contribution >= 4 is 12.4 Å². The molecule has 0 saturated heterocycles. The Kier molecular flexibility index (Phi) is 5.92. The lowest BCUT2D eigenvalue weighted by molar-refractivity contribution is 0.456. The standard InChI is InChI=1S/C13H21N.ClH/c1-5-9(2)13(14)12-7-6-10(3)11(4)8-12;/h6-9,13H,5,14H2,1-4H3;1H/t9?,13-;/m1./s1. The monoisotopic (exact) mass is 227 g/mol. The molecule has 0 spiro atoms. The zero-order valence-corrected chi connectivity index (χ0v) is 10.9. The van der Waals surface area contributed by atoms with E-state index in [-0.39, 0.29) is 18.4 Å². The van der Waals surface area contributed by atoms with Gasteiger partial charge in [-0.25, -0.2) is 0 Å². The van der Waals surface area contributed by atoms with Crippen LogP contribution in [0.3, 0.4) is 0 Å². The third-order valence-corrected chi connectivity index (χ3v) is 3.17. The van der Waals surface area contributed by atoms with E-state index in [1.807, 2.05) is 0 Å². The molecule has 0 amide bonds. The fourth-order valence-electron chi connectivity index (χ4n) is 1.55. The van der Waals surface area contributed by atoms with Gasteiger partial charge in [-0.1, -0.05) is 38.5 Å². The fourth-order valence-corrected chi connectivity index (χ4v) is 1.55. The van der Waals surface area contributed by atoms with Gasteiger partial charge in [0.1, 0.15) is 0 Å². The molecule has 0 aromatic heterocycles. The molecular weight excluding hydrogens is 206 g/mol. The van der Waals surface area contributed by atoms with E-state index in [9.17, 15) is 0 Å². The molecular formula is C13H22ClN. The minimum atomic E-state index is 0. The highest BCUT2D eigenvalue weighted by molar-refractivity contribution is 5.85. The van der Waals surface area contributed by atoms with Crippen molar-refractivity contribution in [1.29, 1.82) is 0 Å². The van der Waals surface area contributed by atoms with Crippen LogP contribution < -0.4 is 5.73 Å². The van der Waals surface area contributed by atoms with Crippen LogP contribution in [0.2, 0.25) is 0 Å². The van der Waals surface area contributed by atoms with Gasteiger partial charge in [0.2, 0.25) is 0 Å². The van der Waals surface area contributed by atoms with Crippen LogP contribution in [-0.2, 0) is 0 Å². The minimum Gasteiger partial charge on any atom is -0.324 e. The fraction of sp³-hybridized carbons (Fsp3) is 0.538. The summed E-state index contributed by atoms with van der Waals surface area (Å²) in [5, 5.41) is 0. The Morgan fingerprint density at radius 1 is 1.20 bits per heavy atom. The number of benzene rings is 1. The minimum absolute atomic E-state index is 0. The summed E-state index contributed by atoms with van der Waals surface area (Å²) in [6, 6.07) is 6.71. The number of nitrogens with two attached hydrogens (primary N) is 1. The first-order chi connectivity index (χ1) is 6.56. The van der Waals surface area contributed by atoms with Crippen LogP contribution >= 0.6 is 12.4 Å². The highest BCUT2D eigenvalue weighted by Crippen LogP contribution is 2.23. The first kappa shape index (κ1) is 14.5. The Bertz CT molecular complexity index is 309. The van der Waals surface area contributed by atoms with Crippen LogP contribution in [0, 0.1) is 19.8 Å². The molecule has 15 heavy (non-hydrogen) atoms. The molecule has 0 aliphatic heterocycles. The molecule has 1 aromatic carbocycles.